The molecular weight excluding hydrogens is 338 g/mol. The van der Waals surface area contributed by atoms with Crippen molar-refractivity contribution in [1.29, 1.82) is 0 Å². The van der Waals surface area contributed by atoms with Crippen LogP contribution in [0.3, 0.4) is 0 Å². The monoisotopic (exact) mass is 367 g/mol. The highest BCUT2D eigenvalue weighted by Crippen LogP contribution is 2.52. The van der Waals surface area contributed by atoms with Crippen LogP contribution in [-0.4, -0.2) is 28.9 Å². The van der Waals surface area contributed by atoms with Gasteiger partial charge in [0.2, 0.25) is 0 Å². The fourth-order valence-corrected chi connectivity index (χ4v) is 6.06. The number of hydrogen-bond acceptors (Lipinski definition) is 3. The van der Waals surface area contributed by atoms with Crippen LogP contribution < -0.4 is 4.74 Å². The zero-order valence-electron chi connectivity index (χ0n) is 15.8. The molecule has 27 heavy (non-hydrogen) atoms. The van der Waals surface area contributed by atoms with Crippen LogP contribution in [0, 0.1) is 23.7 Å². The highest BCUT2D eigenvalue weighted by Gasteiger charge is 2.46. The van der Waals surface area contributed by atoms with Gasteiger partial charge in [-0.2, -0.15) is 0 Å². The standard InChI is InChI=1S/C23H29NO3/c25-19-3-7-21(8-4-19)27-20-5-1-16(2-6-20)23(26)24-22-17-10-14-9-15(12-17)13-18(22)11-14/h1-2,5-6,14-15,17-19,21,25H,3-4,7-13H2. The Hall–Kier alpha value is -1.68. The molecule has 1 amide bonds. The van der Waals surface area contributed by atoms with Gasteiger partial charge in [-0.15, -0.1) is 0 Å². The SMILES string of the molecule is O=C(N=C1C2CC3CC(C2)CC1C3)c1ccc(OC2CCC(O)CC2)cc1. The summed E-state index contributed by atoms with van der Waals surface area (Å²) in [7, 11) is 0. The number of aliphatic hydroxyl groups is 1. The molecule has 1 aromatic rings. The van der Waals surface area contributed by atoms with Gasteiger partial charge in [0, 0.05) is 11.3 Å². The van der Waals surface area contributed by atoms with Gasteiger partial charge < -0.3 is 9.84 Å². The van der Waals surface area contributed by atoms with Crippen molar-refractivity contribution in [3.05, 3.63) is 29.8 Å². The molecule has 0 saturated heterocycles. The van der Waals surface area contributed by atoms with E-state index in [4.69, 9.17) is 4.74 Å². The number of carbonyl (C=O) groups is 1. The Bertz CT molecular complexity index is 700. The number of benzene rings is 1. The molecule has 5 aliphatic rings. The molecule has 0 spiro atoms. The zero-order valence-corrected chi connectivity index (χ0v) is 15.8. The van der Waals surface area contributed by atoms with Crippen molar-refractivity contribution in [1.82, 2.24) is 0 Å². The summed E-state index contributed by atoms with van der Waals surface area (Å²) in [6.45, 7) is 0. The van der Waals surface area contributed by atoms with E-state index in [0.29, 0.717) is 17.4 Å². The van der Waals surface area contributed by atoms with Crippen LogP contribution in [0.4, 0.5) is 0 Å². The molecule has 0 radical (unpaired) electrons. The minimum atomic E-state index is -0.172. The second-order valence-corrected chi connectivity index (χ2v) is 9.22. The highest BCUT2D eigenvalue weighted by atomic mass is 16.5. The zero-order chi connectivity index (χ0) is 18.4. The highest BCUT2D eigenvalue weighted by molar-refractivity contribution is 6.05. The van der Waals surface area contributed by atoms with Crippen molar-refractivity contribution in [2.45, 2.75) is 70.0 Å². The Morgan fingerprint density at radius 1 is 0.889 bits per heavy atom. The number of ether oxygens (including phenoxy) is 1. The number of aliphatic hydroxyl groups excluding tert-OH is 1. The van der Waals surface area contributed by atoms with Gasteiger partial charge in [0.1, 0.15) is 5.75 Å². The van der Waals surface area contributed by atoms with Gasteiger partial charge >= 0.3 is 0 Å². The van der Waals surface area contributed by atoms with Crippen LogP contribution in [0.15, 0.2) is 29.3 Å². The third-order valence-corrected chi connectivity index (χ3v) is 7.25. The summed E-state index contributed by atoms with van der Waals surface area (Å²) in [5, 5.41) is 9.60. The molecule has 4 nitrogen and oxygen atoms in total. The molecule has 4 bridgehead atoms. The lowest BCUT2D eigenvalue weighted by atomic mass is 9.55. The third kappa shape index (κ3) is 3.56. The summed E-state index contributed by atoms with van der Waals surface area (Å²) in [5.41, 5.74) is 1.86. The molecule has 5 fully saturated rings. The van der Waals surface area contributed by atoms with Crippen molar-refractivity contribution in [2.75, 3.05) is 0 Å². The number of rotatable bonds is 3. The summed E-state index contributed by atoms with van der Waals surface area (Å²) < 4.78 is 6.01. The summed E-state index contributed by atoms with van der Waals surface area (Å²) in [4.78, 5) is 17.3. The quantitative estimate of drug-likeness (QED) is 0.861. The Kier molecular flexibility index (Phi) is 4.55. The third-order valence-electron chi connectivity index (χ3n) is 7.25. The Balaban J connectivity index is 1.24. The molecule has 0 aromatic heterocycles. The molecule has 0 unspecified atom stereocenters. The number of carbonyl (C=O) groups excluding carboxylic acids is 1. The predicted octanol–water partition coefficient (Wildman–Crippen LogP) is 4.41. The number of hydrogen-bond donors (Lipinski definition) is 1. The molecule has 0 aliphatic heterocycles. The fraction of sp³-hybridized carbons (Fsp3) is 0.652. The van der Waals surface area contributed by atoms with E-state index in [0.717, 1.165) is 43.3 Å². The van der Waals surface area contributed by atoms with Crippen molar-refractivity contribution in [3.8, 4) is 5.75 Å². The average Bonchev–Trinajstić information content (AvgIpc) is 2.66. The second kappa shape index (κ2) is 7.05. The van der Waals surface area contributed by atoms with Crippen LogP contribution in [0.5, 0.6) is 5.75 Å². The Labute approximate surface area is 161 Å². The van der Waals surface area contributed by atoms with Gasteiger partial charge in [-0.05, 0) is 106 Å². The normalized spacial score (nSPS) is 37.3. The summed E-state index contributed by atoms with van der Waals surface area (Å²) in [6, 6.07) is 7.45. The van der Waals surface area contributed by atoms with E-state index >= 15 is 0 Å². The van der Waals surface area contributed by atoms with Gasteiger partial charge in [-0.1, -0.05) is 0 Å². The molecular formula is C23H29NO3. The number of nitrogens with zero attached hydrogens (tertiary/aromatic N) is 1. The fourth-order valence-electron chi connectivity index (χ4n) is 6.06. The summed E-state index contributed by atoms with van der Waals surface area (Å²) in [5.74, 6) is 3.61. The average molecular weight is 367 g/mol. The smallest absolute Gasteiger partial charge is 0.276 e. The van der Waals surface area contributed by atoms with Crippen molar-refractivity contribution < 1.29 is 14.6 Å². The minimum absolute atomic E-state index is 0.0928. The van der Waals surface area contributed by atoms with Gasteiger partial charge in [0.25, 0.3) is 5.91 Å². The minimum Gasteiger partial charge on any atom is -0.490 e. The summed E-state index contributed by atoms with van der Waals surface area (Å²) >= 11 is 0. The predicted molar refractivity (Wildman–Crippen MR) is 104 cm³/mol. The first-order chi connectivity index (χ1) is 13.1. The lowest BCUT2D eigenvalue weighted by Gasteiger charge is -2.50. The first-order valence-corrected chi connectivity index (χ1v) is 10.7. The van der Waals surface area contributed by atoms with E-state index in [1.165, 1.54) is 37.8 Å². The van der Waals surface area contributed by atoms with E-state index in [2.05, 4.69) is 4.99 Å². The Morgan fingerprint density at radius 2 is 1.48 bits per heavy atom. The molecule has 1 aromatic carbocycles. The maximum atomic E-state index is 12.7. The maximum Gasteiger partial charge on any atom is 0.276 e. The van der Waals surface area contributed by atoms with Crippen LogP contribution >= 0.6 is 0 Å². The number of aliphatic imine (C=N–C) groups is 1. The van der Waals surface area contributed by atoms with Crippen LogP contribution in [-0.2, 0) is 0 Å². The van der Waals surface area contributed by atoms with Crippen molar-refractivity contribution >= 4 is 11.6 Å². The number of amides is 1. The second-order valence-electron chi connectivity index (χ2n) is 9.22. The molecule has 1 N–H and O–H groups in total. The lowest BCUT2D eigenvalue weighted by molar-refractivity contribution is 0.0665. The molecule has 0 atom stereocenters. The largest absolute Gasteiger partial charge is 0.490 e. The van der Waals surface area contributed by atoms with E-state index in [1.807, 2.05) is 24.3 Å². The first-order valence-electron chi connectivity index (χ1n) is 10.7. The van der Waals surface area contributed by atoms with Crippen LogP contribution in [0.2, 0.25) is 0 Å². The van der Waals surface area contributed by atoms with E-state index in [1.54, 1.807) is 0 Å². The first kappa shape index (κ1) is 17.4. The van der Waals surface area contributed by atoms with Gasteiger partial charge in [-0.25, -0.2) is 4.99 Å². The van der Waals surface area contributed by atoms with Gasteiger partial charge in [0.05, 0.1) is 12.2 Å². The molecule has 0 heterocycles. The molecule has 4 heteroatoms. The van der Waals surface area contributed by atoms with Gasteiger partial charge in [-0.3, -0.25) is 4.79 Å². The van der Waals surface area contributed by atoms with Crippen molar-refractivity contribution in [2.24, 2.45) is 28.7 Å². The molecule has 5 saturated carbocycles. The lowest BCUT2D eigenvalue weighted by Crippen LogP contribution is -2.45. The molecule has 5 aliphatic carbocycles. The molecule has 6 rings (SSSR count). The van der Waals surface area contributed by atoms with Crippen LogP contribution in [0.1, 0.15) is 68.1 Å². The maximum absolute atomic E-state index is 12.7. The summed E-state index contributed by atoms with van der Waals surface area (Å²) in [6.07, 6.45) is 9.81. The molecule has 144 valence electrons. The van der Waals surface area contributed by atoms with Crippen molar-refractivity contribution in [3.63, 3.8) is 0 Å². The van der Waals surface area contributed by atoms with Gasteiger partial charge in [0.15, 0.2) is 0 Å². The Morgan fingerprint density at radius 3 is 2.07 bits per heavy atom. The van der Waals surface area contributed by atoms with E-state index in [9.17, 15) is 9.90 Å². The topological polar surface area (TPSA) is 58.9 Å². The van der Waals surface area contributed by atoms with E-state index < -0.39 is 0 Å². The van der Waals surface area contributed by atoms with E-state index in [-0.39, 0.29) is 18.1 Å². The van der Waals surface area contributed by atoms with Crippen LogP contribution in [0.25, 0.3) is 0 Å².